The molecule has 2 amide bonds. The number of hydrogen-bond donors (Lipinski definition) is 2. The maximum atomic E-state index is 12.6. The van der Waals surface area contributed by atoms with E-state index < -0.39 is 22.5 Å². The highest BCUT2D eigenvalue weighted by Crippen LogP contribution is 2.22. The number of hydrogen-bond acceptors (Lipinski definition) is 6. The van der Waals surface area contributed by atoms with E-state index >= 15 is 0 Å². The predicted octanol–water partition coefficient (Wildman–Crippen LogP) is 0.910. The number of nitrogens with one attached hydrogen (secondary N) is 2. The minimum Gasteiger partial charge on any atom is -0.360 e. The van der Waals surface area contributed by atoms with E-state index in [1.165, 1.54) is 34.0 Å². The van der Waals surface area contributed by atoms with E-state index in [1.807, 2.05) is 0 Å². The smallest absolute Gasteiger partial charge is 0.251 e. The Bertz CT molecular complexity index is 916. The summed E-state index contributed by atoms with van der Waals surface area (Å²) >= 11 is 0. The van der Waals surface area contributed by atoms with Crippen LogP contribution in [0.3, 0.4) is 0 Å². The molecule has 0 spiro atoms. The quantitative estimate of drug-likeness (QED) is 0.768. The van der Waals surface area contributed by atoms with Crippen molar-refractivity contribution in [1.29, 1.82) is 0 Å². The normalized spacial score (nSPS) is 11.4. The minimum absolute atomic E-state index is 0.0468. The second kappa shape index (κ2) is 7.67. The van der Waals surface area contributed by atoms with Gasteiger partial charge in [-0.25, -0.2) is 8.42 Å². The highest BCUT2D eigenvalue weighted by Gasteiger charge is 2.29. The van der Waals surface area contributed by atoms with Crippen molar-refractivity contribution in [3.8, 4) is 0 Å². The fraction of sp³-hybridized carbons (Fsp3) is 0.312. The molecular formula is C16H20N4O5S. The van der Waals surface area contributed by atoms with Gasteiger partial charge < -0.3 is 15.2 Å². The van der Waals surface area contributed by atoms with Gasteiger partial charge in [-0.15, -0.1) is 0 Å². The number of rotatable bonds is 6. The van der Waals surface area contributed by atoms with Crippen molar-refractivity contribution in [2.45, 2.75) is 18.7 Å². The summed E-state index contributed by atoms with van der Waals surface area (Å²) in [4.78, 5) is 23.8. The van der Waals surface area contributed by atoms with Crippen molar-refractivity contribution in [3.05, 3.63) is 41.3 Å². The van der Waals surface area contributed by atoms with E-state index in [4.69, 9.17) is 4.52 Å². The first-order valence-electron chi connectivity index (χ1n) is 7.68. The van der Waals surface area contributed by atoms with Crippen LogP contribution in [-0.2, 0) is 14.8 Å². The zero-order valence-corrected chi connectivity index (χ0v) is 15.7. The summed E-state index contributed by atoms with van der Waals surface area (Å²) in [6.45, 7) is 2.60. The molecule has 0 saturated carbocycles. The van der Waals surface area contributed by atoms with Crippen LogP contribution < -0.4 is 10.6 Å². The van der Waals surface area contributed by atoms with Gasteiger partial charge in [0, 0.05) is 25.3 Å². The molecule has 2 aromatic rings. The topological polar surface area (TPSA) is 122 Å². The van der Waals surface area contributed by atoms with Crippen LogP contribution in [0, 0.1) is 13.8 Å². The van der Waals surface area contributed by atoms with Crippen molar-refractivity contribution in [1.82, 2.24) is 14.8 Å². The highest BCUT2D eigenvalue weighted by atomic mass is 32.2. The Morgan fingerprint density at radius 1 is 1.27 bits per heavy atom. The number of aryl methyl sites for hydroxylation is 2. The van der Waals surface area contributed by atoms with Crippen LogP contribution in [0.15, 0.2) is 33.7 Å². The van der Waals surface area contributed by atoms with Gasteiger partial charge >= 0.3 is 0 Å². The summed E-state index contributed by atoms with van der Waals surface area (Å²) in [6.07, 6.45) is 0. The Morgan fingerprint density at radius 3 is 2.54 bits per heavy atom. The molecule has 1 heterocycles. The standard InChI is InChI=1S/C16H20N4O5S/c1-10-15(11(2)25-19-10)26(23,24)20(4)9-14(21)18-13-7-5-6-12(8-13)16(22)17-3/h5-8H,9H2,1-4H3,(H,17,22)(H,18,21). The van der Waals surface area contributed by atoms with Gasteiger partial charge in [0.15, 0.2) is 5.76 Å². The van der Waals surface area contributed by atoms with Gasteiger partial charge in [-0.3, -0.25) is 9.59 Å². The maximum Gasteiger partial charge on any atom is 0.251 e. The number of amides is 2. The lowest BCUT2D eigenvalue weighted by atomic mass is 10.2. The monoisotopic (exact) mass is 380 g/mol. The van der Waals surface area contributed by atoms with Crippen LogP contribution in [-0.4, -0.2) is 50.3 Å². The fourth-order valence-electron chi connectivity index (χ4n) is 2.37. The molecule has 0 unspecified atom stereocenters. The average molecular weight is 380 g/mol. The average Bonchev–Trinajstić information content (AvgIpc) is 2.93. The second-order valence-electron chi connectivity index (χ2n) is 5.62. The lowest BCUT2D eigenvalue weighted by Gasteiger charge is -2.16. The summed E-state index contributed by atoms with van der Waals surface area (Å²) in [5, 5.41) is 8.69. The molecule has 0 aliphatic heterocycles. The Morgan fingerprint density at radius 2 is 1.96 bits per heavy atom. The van der Waals surface area contributed by atoms with Crippen LogP contribution in [0.2, 0.25) is 0 Å². The zero-order chi connectivity index (χ0) is 19.5. The van der Waals surface area contributed by atoms with E-state index in [2.05, 4.69) is 15.8 Å². The Kier molecular flexibility index (Phi) is 5.78. The van der Waals surface area contributed by atoms with E-state index in [-0.39, 0.29) is 22.3 Å². The number of carbonyl (C=O) groups is 2. The lowest BCUT2D eigenvalue weighted by Crippen LogP contribution is -2.35. The molecule has 140 valence electrons. The van der Waals surface area contributed by atoms with E-state index in [9.17, 15) is 18.0 Å². The van der Waals surface area contributed by atoms with Crippen molar-refractivity contribution < 1.29 is 22.5 Å². The fourth-order valence-corrected chi connectivity index (χ4v) is 3.78. The van der Waals surface area contributed by atoms with Crippen LogP contribution >= 0.6 is 0 Å². The van der Waals surface area contributed by atoms with Gasteiger partial charge in [0.25, 0.3) is 5.91 Å². The van der Waals surface area contributed by atoms with Gasteiger partial charge in [0.1, 0.15) is 10.6 Å². The second-order valence-corrected chi connectivity index (χ2v) is 7.60. The Hall–Kier alpha value is -2.72. The molecule has 0 radical (unpaired) electrons. The molecule has 9 nitrogen and oxygen atoms in total. The largest absolute Gasteiger partial charge is 0.360 e. The molecule has 0 atom stereocenters. The summed E-state index contributed by atoms with van der Waals surface area (Å²) in [5.74, 6) is -0.677. The summed E-state index contributed by atoms with van der Waals surface area (Å²) in [6, 6.07) is 6.32. The van der Waals surface area contributed by atoms with Crippen LogP contribution in [0.1, 0.15) is 21.8 Å². The molecule has 0 aliphatic carbocycles. The van der Waals surface area contributed by atoms with Gasteiger partial charge in [-0.2, -0.15) is 4.31 Å². The van der Waals surface area contributed by atoms with Crippen LogP contribution in [0.25, 0.3) is 0 Å². The Balaban J connectivity index is 2.11. The first-order valence-corrected chi connectivity index (χ1v) is 9.12. The van der Waals surface area contributed by atoms with Crippen molar-refractivity contribution in [3.63, 3.8) is 0 Å². The first-order chi connectivity index (χ1) is 12.2. The van der Waals surface area contributed by atoms with Crippen molar-refractivity contribution in [2.24, 2.45) is 0 Å². The summed E-state index contributed by atoms with van der Waals surface area (Å²) < 4.78 is 31.0. The minimum atomic E-state index is -3.92. The van der Waals surface area contributed by atoms with Gasteiger partial charge in [0.05, 0.1) is 6.54 Å². The summed E-state index contributed by atoms with van der Waals surface area (Å²) in [5.41, 5.74) is 0.995. The van der Waals surface area contributed by atoms with Crippen molar-refractivity contribution >= 4 is 27.5 Å². The summed E-state index contributed by atoms with van der Waals surface area (Å²) in [7, 11) is -1.12. The molecule has 1 aromatic heterocycles. The molecule has 0 aliphatic rings. The molecule has 2 N–H and O–H groups in total. The maximum absolute atomic E-state index is 12.6. The van der Waals surface area contributed by atoms with Gasteiger partial charge in [-0.1, -0.05) is 11.2 Å². The first kappa shape index (κ1) is 19.6. The van der Waals surface area contributed by atoms with E-state index in [1.54, 1.807) is 18.2 Å². The molecular weight excluding hydrogens is 360 g/mol. The molecule has 10 heteroatoms. The zero-order valence-electron chi connectivity index (χ0n) is 14.9. The highest BCUT2D eigenvalue weighted by molar-refractivity contribution is 7.89. The van der Waals surface area contributed by atoms with E-state index in [0.29, 0.717) is 11.3 Å². The molecule has 0 fully saturated rings. The molecule has 0 saturated heterocycles. The number of likely N-dealkylation sites (N-methyl/N-ethyl adjacent to an activating group) is 1. The van der Waals surface area contributed by atoms with Crippen molar-refractivity contribution in [2.75, 3.05) is 26.0 Å². The van der Waals surface area contributed by atoms with E-state index in [0.717, 1.165) is 4.31 Å². The van der Waals surface area contributed by atoms with Crippen LogP contribution in [0.4, 0.5) is 5.69 Å². The predicted molar refractivity (Wildman–Crippen MR) is 94.3 cm³/mol. The molecule has 2 rings (SSSR count). The number of sulfonamides is 1. The van der Waals surface area contributed by atoms with Crippen LogP contribution in [0.5, 0.6) is 0 Å². The number of nitrogens with zero attached hydrogens (tertiary/aromatic N) is 2. The molecule has 0 bridgehead atoms. The Labute approximate surface area is 151 Å². The van der Waals surface area contributed by atoms with Gasteiger partial charge in [-0.05, 0) is 32.0 Å². The molecule has 1 aromatic carbocycles. The number of carbonyl (C=O) groups excluding carboxylic acids is 2. The SMILES string of the molecule is CNC(=O)c1cccc(NC(=O)CN(C)S(=O)(=O)c2c(C)noc2C)c1. The number of aromatic nitrogens is 1. The van der Waals surface area contributed by atoms with Gasteiger partial charge in [0.2, 0.25) is 15.9 Å². The third-order valence-corrected chi connectivity index (χ3v) is 5.69. The third kappa shape index (κ3) is 4.09. The number of benzene rings is 1. The molecule has 26 heavy (non-hydrogen) atoms. The third-order valence-electron chi connectivity index (χ3n) is 3.64. The number of anilines is 1. The lowest BCUT2D eigenvalue weighted by molar-refractivity contribution is -0.116.